The first-order valence-corrected chi connectivity index (χ1v) is 7.48. The first kappa shape index (κ1) is 14.1. The van der Waals surface area contributed by atoms with Gasteiger partial charge in [-0.1, -0.05) is 36.4 Å². The van der Waals surface area contributed by atoms with Crippen molar-refractivity contribution in [2.75, 3.05) is 5.43 Å². The largest absolute Gasteiger partial charge is 0.279 e. The molecule has 0 aliphatic rings. The standard InChI is InChI=1S/C17H12N4S/c18-12-22-17-14(10-13-6-4-5-9-16(13)20-17)11-19-21-15-7-2-1-3-8-15/h1-11,21H/b19-11+. The number of aromatic nitrogens is 1. The van der Waals surface area contributed by atoms with Crippen LogP contribution in [0.5, 0.6) is 0 Å². The molecule has 106 valence electrons. The molecule has 0 saturated carbocycles. The maximum Gasteiger partial charge on any atom is 0.140 e. The van der Waals surface area contributed by atoms with Gasteiger partial charge >= 0.3 is 0 Å². The molecule has 0 atom stereocenters. The molecule has 0 aliphatic carbocycles. The monoisotopic (exact) mass is 304 g/mol. The minimum Gasteiger partial charge on any atom is -0.279 e. The predicted molar refractivity (Wildman–Crippen MR) is 90.9 cm³/mol. The number of para-hydroxylation sites is 2. The molecule has 0 amide bonds. The summed E-state index contributed by atoms with van der Waals surface area (Å²) in [7, 11) is 0. The van der Waals surface area contributed by atoms with Gasteiger partial charge in [-0.05, 0) is 24.3 Å². The zero-order chi connectivity index (χ0) is 15.2. The summed E-state index contributed by atoms with van der Waals surface area (Å²) in [5.74, 6) is 0. The number of nitrogens with one attached hydrogen (secondary N) is 1. The lowest BCUT2D eigenvalue weighted by atomic mass is 10.2. The van der Waals surface area contributed by atoms with Crippen LogP contribution in [0, 0.1) is 10.7 Å². The molecule has 4 nitrogen and oxygen atoms in total. The van der Waals surface area contributed by atoms with E-state index in [0.717, 1.165) is 33.9 Å². The Morgan fingerprint density at radius 3 is 2.68 bits per heavy atom. The number of thioether (sulfide) groups is 1. The Balaban J connectivity index is 1.91. The van der Waals surface area contributed by atoms with Gasteiger partial charge in [0.1, 0.15) is 10.4 Å². The van der Waals surface area contributed by atoms with E-state index in [1.165, 1.54) is 0 Å². The third-order valence-electron chi connectivity index (χ3n) is 3.03. The van der Waals surface area contributed by atoms with Gasteiger partial charge < -0.3 is 0 Å². The number of thiocyanates is 1. The lowest BCUT2D eigenvalue weighted by Crippen LogP contribution is -1.94. The fourth-order valence-corrected chi connectivity index (χ4v) is 2.48. The Labute approximate surface area is 132 Å². The second kappa shape index (κ2) is 6.74. The summed E-state index contributed by atoms with van der Waals surface area (Å²) in [5.41, 5.74) is 5.55. The number of nitriles is 1. The molecule has 0 bridgehead atoms. The van der Waals surface area contributed by atoms with Crippen molar-refractivity contribution in [3.05, 3.63) is 66.2 Å². The highest BCUT2D eigenvalue weighted by molar-refractivity contribution is 8.03. The van der Waals surface area contributed by atoms with Crippen LogP contribution in [0.15, 0.2) is 70.8 Å². The van der Waals surface area contributed by atoms with E-state index in [9.17, 15) is 0 Å². The van der Waals surface area contributed by atoms with E-state index in [0.29, 0.717) is 5.03 Å². The van der Waals surface area contributed by atoms with Crippen molar-refractivity contribution in [3.63, 3.8) is 0 Å². The van der Waals surface area contributed by atoms with Gasteiger partial charge in [-0.3, -0.25) is 5.43 Å². The summed E-state index contributed by atoms with van der Waals surface area (Å²) < 4.78 is 0. The molecular weight excluding hydrogens is 292 g/mol. The molecule has 0 saturated heterocycles. The van der Waals surface area contributed by atoms with Crippen molar-refractivity contribution < 1.29 is 0 Å². The average Bonchev–Trinajstić information content (AvgIpc) is 2.56. The molecule has 1 heterocycles. The minimum atomic E-state index is 0.653. The fourth-order valence-electron chi connectivity index (χ4n) is 2.02. The topological polar surface area (TPSA) is 61.1 Å². The lowest BCUT2D eigenvalue weighted by molar-refractivity contribution is 1.18. The summed E-state index contributed by atoms with van der Waals surface area (Å²) in [6.45, 7) is 0. The molecule has 1 aromatic heterocycles. The highest BCUT2D eigenvalue weighted by Gasteiger charge is 2.05. The molecule has 0 fully saturated rings. The van der Waals surface area contributed by atoms with Crippen molar-refractivity contribution in [2.24, 2.45) is 5.10 Å². The molecule has 2 aromatic carbocycles. The van der Waals surface area contributed by atoms with Crippen LogP contribution < -0.4 is 5.43 Å². The van der Waals surface area contributed by atoms with Gasteiger partial charge in [0.25, 0.3) is 0 Å². The molecule has 22 heavy (non-hydrogen) atoms. The van der Waals surface area contributed by atoms with Crippen LogP contribution in [-0.2, 0) is 0 Å². The summed E-state index contributed by atoms with van der Waals surface area (Å²) in [6, 6.07) is 19.5. The van der Waals surface area contributed by atoms with Gasteiger partial charge in [0.05, 0.1) is 17.4 Å². The van der Waals surface area contributed by atoms with E-state index >= 15 is 0 Å². The number of pyridine rings is 1. The van der Waals surface area contributed by atoms with E-state index in [2.05, 4.69) is 20.9 Å². The maximum atomic E-state index is 8.93. The number of fused-ring (bicyclic) bond motifs is 1. The van der Waals surface area contributed by atoms with Crippen LogP contribution in [-0.4, -0.2) is 11.2 Å². The summed E-state index contributed by atoms with van der Waals surface area (Å²) in [6.07, 6.45) is 1.69. The smallest absolute Gasteiger partial charge is 0.140 e. The van der Waals surface area contributed by atoms with Crippen molar-refractivity contribution in [1.29, 1.82) is 5.26 Å². The number of rotatable bonds is 4. The third-order valence-corrected chi connectivity index (χ3v) is 3.64. The first-order valence-electron chi connectivity index (χ1n) is 6.66. The van der Waals surface area contributed by atoms with Gasteiger partial charge in [-0.25, -0.2) is 4.98 Å². The van der Waals surface area contributed by atoms with Crippen molar-refractivity contribution in [1.82, 2.24) is 4.98 Å². The van der Waals surface area contributed by atoms with Crippen LogP contribution in [0.25, 0.3) is 10.9 Å². The Morgan fingerprint density at radius 2 is 1.86 bits per heavy atom. The van der Waals surface area contributed by atoms with Gasteiger partial charge in [0.2, 0.25) is 0 Å². The number of nitrogens with zero attached hydrogens (tertiary/aromatic N) is 3. The Morgan fingerprint density at radius 1 is 1.09 bits per heavy atom. The molecule has 0 aliphatic heterocycles. The molecule has 0 radical (unpaired) electrons. The van der Waals surface area contributed by atoms with Crippen LogP contribution in [0.3, 0.4) is 0 Å². The molecule has 5 heteroatoms. The highest BCUT2D eigenvalue weighted by atomic mass is 32.2. The minimum absolute atomic E-state index is 0.653. The summed E-state index contributed by atoms with van der Waals surface area (Å²) in [4.78, 5) is 4.51. The molecule has 0 spiro atoms. The zero-order valence-corrected chi connectivity index (χ0v) is 12.4. The van der Waals surface area contributed by atoms with Gasteiger partial charge in [-0.2, -0.15) is 10.4 Å². The number of hydrazone groups is 1. The van der Waals surface area contributed by atoms with Gasteiger partial charge in [0.15, 0.2) is 0 Å². The van der Waals surface area contributed by atoms with Crippen LogP contribution in [0.2, 0.25) is 0 Å². The van der Waals surface area contributed by atoms with Crippen molar-refractivity contribution in [2.45, 2.75) is 5.03 Å². The first-order chi connectivity index (χ1) is 10.9. The van der Waals surface area contributed by atoms with Crippen molar-refractivity contribution in [3.8, 4) is 5.40 Å². The normalized spacial score (nSPS) is 10.7. The maximum absolute atomic E-state index is 8.93. The van der Waals surface area contributed by atoms with E-state index < -0.39 is 0 Å². The Kier molecular flexibility index (Phi) is 4.33. The zero-order valence-electron chi connectivity index (χ0n) is 11.6. The average molecular weight is 304 g/mol. The van der Waals surface area contributed by atoms with Crippen LogP contribution >= 0.6 is 11.8 Å². The molecule has 3 rings (SSSR count). The Hall–Kier alpha value is -2.84. The van der Waals surface area contributed by atoms with E-state index in [1.807, 2.05) is 60.7 Å². The SMILES string of the molecule is N#CSc1nc2ccccc2cc1/C=N/Nc1ccccc1. The van der Waals surface area contributed by atoms with Crippen LogP contribution in [0.4, 0.5) is 5.69 Å². The number of benzene rings is 2. The summed E-state index contributed by atoms with van der Waals surface area (Å²) in [5, 5.41) is 16.9. The lowest BCUT2D eigenvalue weighted by Gasteiger charge is -2.04. The quantitative estimate of drug-likeness (QED) is 0.339. The fraction of sp³-hybridized carbons (Fsp3) is 0. The number of anilines is 1. The van der Waals surface area contributed by atoms with Gasteiger partial charge in [-0.15, -0.1) is 0 Å². The summed E-state index contributed by atoms with van der Waals surface area (Å²) >= 11 is 1.04. The molecular formula is C17H12N4S. The van der Waals surface area contributed by atoms with Crippen molar-refractivity contribution >= 4 is 34.6 Å². The van der Waals surface area contributed by atoms with Crippen LogP contribution in [0.1, 0.15) is 5.56 Å². The van der Waals surface area contributed by atoms with E-state index in [1.54, 1.807) is 6.21 Å². The predicted octanol–water partition coefficient (Wildman–Crippen LogP) is 4.25. The third kappa shape index (κ3) is 3.25. The van der Waals surface area contributed by atoms with E-state index in [4.69, 9.17) is 5.26 Å². The second-order valence-electron chi connectivity index (χ2n) is 4.50. The number of hydrogen-bond acceptors (Lipinski definition) is 5. The Bertz CT molecular complexity index is 853. The molecule has 3 aromatic rings. The number of hydrogen-bond donors (Lipinski definition) is 1. The highest BCUT2D eigenvalue weighted by Crippen LogP contribution is 2.23. The molecule has 0 unspecified atom stereocenters. The van der Waals surface area contributed by atoms with Gasteiger partial charge in [0, 0.05) is 22.7 Å². The molecule has 1 N–H and O–H groups in total. The van der Waals surface area contributed by atoms with E-state index in [-0.39, 0.29) is 0 Å². The second-order valence-corrected chi connectivity index (χ2v) is 5.28.